The van der Waals surface area contributed by atoms with Gasteiger partial charge in [-0.05, 0) is 54.0 Å². The number of carbonyl (C=O) groups excluding carboxylic acids is 2. The third kappa shape index (κ3) is 3.86. The number of pyridine rings is 1. The average molecular weight is 487 g/mol. The Labute approximate surface area is 208 Å². The first kappa shape index (κ1) is 22.7. The molecule has 0 bridgehead atoms. The number of nitrogens with zero attached hydrogens (tertiary/aromatic N) is 2. The van der Waals surface area contributed by atoms with Crippen LogP contribution in [0.1, 0.15) is 40.1 Å². The first-order chi connectivity index (χ1) is 17.0. The van der Waals surface area contributed by atoms with Gasteiger partial charge in [0.05, 0.1) is 30.5 Å². The first-order valence-corrected chi connectivity index (χ1v) is 11.6. The van der Waals surface area contributed by atoms with Crippen molar-refractivity contribution in [3.05, 3.63) is 107 Å². The fourth-order valence-corrected chi connectivity index (χ4v) is 4.81. The Morgan fingerprint density at radius 1 is 1.00 bits per heavy atom. The highest BCUT2D eigenvalue weighted by atomic mass is 35.5. The molecule has 1 atom stereocenters. The van der Waals surface area contributed by atoms with Crippen LogP contribution in [0, 0.1) is 0 Å². The number of aromatic nitrogens is 1. The second-order valence-electron chi connectivity index (χ2n) is 8.04. The first-order valence-electron chi connectivity index (χ1n) is 11.2. The van der Waals surface area contributed by atoms with Crippen molar-refractivity contribution in [2.45, 2.75) is 13.0 Å². The Morgan fingerprint density at radius 3 is 2.49 bits per heavy atom. The SMILES string of the molecule is CCOC(=O)c1c(-c2ccc(Cl)cc2)c([C@H]2c3ccccc3C=CN2C(=O)OC)n2ccccc12. The molecule has 35 heavy (non-hydrogen) atoms. The minimum Gasteiger partial charge on any atom is -0.462 e. The normalized spacial score (nSPS) is 14.6. The fraction of sp³-hybridized carbons (Fsp3) is 0.143. The van der Waals surface area contributed by atoms with E-state index in [1.165, 1.54) is 7.11 Å². The highest BCUT2D eigenvalue weighted by molar-refractivity contribution is 6.30. The molecule has 2 aromatic heterocycles. The number of hydrogen-bond acceptors (Lipinski definition) is 4. The number of amides is 1. The van der Waals surface area contributed by atoms with Crippen molar-refractivity contribution in [2.75, 3.05) is 13.7 Å². The molecule has 7 heteroatoms. The van der Waals surface area contributed by atoms with Gasteiger partial charge in [-0.1, -0.05) is 54.1 Å². The minimum absolute atomic E-state index is 0.238. The van der Waals surface area contributed by atoms with Gasteiger partial charge >= 0.3 is 12.1 Å². The van der Waals surface area contributed by atoms with Crippen LogP contribution in [-0.4, -0.2) is 35.1 Å². The number of rotatable bonds is 4. The van der Waals surface area contributed by atoms with Crippen LogP contribution in [0.2, 0.25) is 5.02 Å². The summed E-state index contributed by atoms with van der Waals surface area (Å²) in [5.74, 6) is -0.434. The summed E-state index contributed by atoms with van der Waals surface area (Å²) in [6.45, 7) is 2.02. The number of halogens is 1. The predicted molar refractivity (Wildman–Crippen MR) is 135 cm³/mol. The number of fused-ring (bicyclic) bond motifs is 2. The van der Waals surface area contributed by atoms with Gasteiger partial charge in [0.15, 0.2) is 0 Å². The number of benzene rings is 2. The molecule has 0 aliphatic carbocycles. The van der Waals surface area contributed by atoms with Crippen LogP contribution < -0.4 is 0 Å². The van der Waals surface area contributed by atoms with E-state index in [0.717, 1.165) is 22.4 Å². The van der Waals surface area contributed by atoms with Crippen molar-refractivity contribution in [2.24, 2.45) is 0 Å². The smallest absolute Gasteiger partial charge is 0.414 e. The molecule has 0 saturated carbocycles. The number of carbonyl (C=O) groups is 2. The minimum atomic E-state index is -0.563. The molecule has 2 aromatic carbocycles. The molecule has 0 fully saturated rings. The van der Waals surface area contributed by atoms with E-state index in [0.29, 0.717) is 21.7 Å². The maximum absolute atomic E-state index is 13.4. The van der Waals surface area contributed by atoms with E-state index in [-0.39, 0.29) is 6.61 Å². The summed E-state index contributed by atoms with van der Waals surface area (Å²) in [5.41, 5.74) is 5.21. The molecule has 0 unspecified atom stereocenters. The highest BCUT2D eigenvalue weighted by Gasteiger charge is 2.37. The summed E-state index contributed by atoms with van der Waals surface area (Å²) in [6, 6.07) is 20.3. The van der Waals surface area contributed by atoms with E-state index in [1.807, 2.05) is 71.3 Å². The molecule has 4 aromatic rings. The summed E-state index contributed by atoms with van der Waals surface area (Å²) in [4.78, 5) is 27.9. The molecule has 1 aliphatic heterocycles. The lowest BCUT2D eigenvalue weighted by Crippen LogP contribution is -2.34. The summed E-state index contributed by atoms with van der Waals surface area (Å²) in [6.07, 6.45) is 4.98. The number of esters is 1. The van der Waals surface area contributed by atoms with Crippen LogP contribution in [0.25, 0.3) is 22.7 Å². The molecule has 6 nitrogen and oxygen atoms in total. The van der Waals surface area contributed by atoms with E-state index in [2.05, 4.69) is 0 Å². The molecule has 3 heterocycles. The Bertz CT molecular complexity index is 1460. The zero-order chi connectivity index (χ0) is 24.5. The Hall–Kier alpha value is -4.03. The summed E-state index contributed by atoms with van der Waals surface area (Å²) >= 11 is 6.19. The zero-order valence-electron chi connectivity index (χ0n) is 19.3. The van der Waals surface area contributed by atoms with Gasteiger partial charge < -0.3 is 13.9 Å². The van der Waals surface area contributed by atoms with Gasteiger partial charge in [-0.2, -0.15) is 0 Å². The molecule has 1 amide bonds. The number of methoxy groups -OCH3 is 1. The van der Waals surface area contributed by atoms with Crippen LogP contribution >= 0.6 is 11.6 Å². The lowest BCUT2D eigenvalue weighted by Gasteiger charge is -2.33. The second kappa shape index (κ2) is 9.31. The number of hydrogen-bond donors (Lipinski definition) is 0. The molecule has 176 valence electrons. The Balaban J connectivity index is 1.90. The van der Waals surface area contributed by atoms with Crippen molar-refractivity contribution < 1.29 is 19.1 Å². The molecule has 0 spiro atoms. The van der Waals surface area contributed by atoms with Gasteiger partial charge in [0.2, 0.25) is 0 Å². The van der Waals surface area contributed by atoms with E-state index < -0.39 is 18.1 Å². The van der Waals surface area contributed by atoms with Crippen molar-refractivity contribution in [3.63, 3.8) is 0 Å². The molecule has 0 saturated heterocycles. The summed E-state index contributed by atoms with van der Waals surface area (Å²) in [7, 11) is 1.36. The van der Waals surface area contributed by atoms with Crippen LogP contribution in [0.3, 0.4) is 0 Å². The zero-order valence-corrected chi connectivity index (χ0v) is 20.0. The third-order valence-electron chi connectivity index (χ3n) is 6.12. The van der Waals surface area contributed by atoms with Crippen molar-refractivity contribution in [3.8, 4) is 11.1 Å². The lowest BCUT2D eigenvalue weighted by atomic mass is 9.89. The maximum atomic E-state index is 13.4. The highest BCUT2D eigenvalue weighted by Crippen LogP contribution is 2.44. The Morgan fingerprint density at radius 2 is 1.74 bits per heavy atom. The maximum Gasteiger partial charge on any atom is 0.414 e. The molecule has 0 N–H and O–H groups in total. The van der Waals surface area contributed by atoms with Gasteiger partial charge in [-0.15, -0.1) is 0 Å². The molecule has 1 aliphatic rings. The van der Waals surface area contributed by atoms with E-state index in [9.17, 15) is 9.59 Å². The van der Waals surface area contributed by atoms with Gasteiger partial charge in [0.25, 0.3) is 0 Å². The standard InChI is InChI=1S/C28H23ClN2O4/c1-3-35-27(32)24-22-10-6-7-16-30(22)26(23(24)19-11-13-20(29)14-12-19)25-21-9-5-4-8-18(21)15-17-31(25)28(33)34-2/h4-17,25H,3H2,1-2H3/t25-/m1/s1. The lowest BCUT2D eigenvalue weighted by molar-refractivity contribution is 0.0529. The van der Waals surface area contributed by atoms with Crippen LogP contribution in [0.5, 0.6) is 0 Å². The van der Waals surface area contributed by atoms with Crippen molar-refractivity contribution in [1.29, 1.82) is 0 Å². The van der Waals surface area contributed by atoms with Crippen molar-refractivity contribution >= 4 is 35.3 Å². The number of ether oxygens (including phenoxy) is 2. The molecular weight excluding hydrogens is 464 g/mol. The Kier molecular flexibility index (Phi) is 6.05. The molecular formula is C28H23ClN2O4. The van der Waals surface area contributed by atoms with E-state index in [4.69, 9.17) is 21.1 Å². The molecule has 0 radical (unpaired) electrons. The predicted octanol–water partition coefficient (Wildman–Crippen LogP) is 6.58. The van der Waals surface area contributed by atoms with Gasteiger partial charge in [-0.3, -0.25) is 4.90 Å². The van der Waals surface area contributed by atoms with Crippen LogP contribution in [0.15, 0.2) is 79.1 Å². The van der Waals surface area contributed by atoms with Crippen molar-refractivity contribution in [1.82, 2.24) is 9.30 Å². The third-order valence-corrected chi connectivity index (χ3v) is 6.37. The van der Waals surface area contributed by atoms with Crippen LogP contribution in [-0.2, 0) is 9.47 Å². The average Bonchev–Trinajstić information content (AvgIpc) is 3.23. The molecule has 5 rings (SSSR count). The second-order valence-corrected chi connectivity index (χ2v) is 8.48. The largest absolute Gasteiger partial charge is 0.462 e. The monoisotopic (exact) mass is 486 g/mol. The van der Waals surface area contributed by atoms with E-state index >= 15 is 0 Å². The van der Waals surface area contributed by atoms with Gasteiger partial charge in [0.1, 0.15) is 6.04 Å². The van der Waals surface area contributed by atoms with Gasteiger partial charge in [-0.25, -0.2) is 9.59 Å². The quantitative estimate of drug-likeness (QED) is 0.306. The topological polar surface area (TPSA) is 60.2 Å². The fourth-order valence-electron chi connectivity index (χ4n) is 4.68. The summed E-state index contributed by atoms with van der Waals surface area (Å²) in [5, 5.41) is 0.582. The summed E-state index contributed by atoms with van der Waals surface area (Å²) < 4.78 is 12.6. The van der Waals surface area contributed by atoms with Crippen LogP contribution in [0.4, 0.5) is 4.79 Å². The van der Waals surface area contributed by atoms with Gasteiger partial charge in [0, 0.05) is 23.0 Å². The van der Waals surface area contributed by atoms with E-state index in [1.54, 1.807) is 30.2 Å².